The van der Waals surface area contributed by atoms with E-state index in [9.17, 15) is 19.7 Å². The van der Waals surface area contributed by atoms with Crippen LogP contribution in [0.3, 0.4) is 0 Å². The minimum absolute atomic E-state index is 0.264. The van der Waals surface area contributed by atoms with Crippen LogP contribution in [0.2, 0.25) is 0 Å². The third-order valence-corrected chi connectivity index (χ3v) is 4.79. The fourth-order valence-electron chi connectivity index (χ4n) is 2.57. The molecule has 4 N–H and O–H groups in total. The first-order valence-corrected chi connectivity index (χ1v) is 9.60. The number of halogens is 1. The van der Waals surface area contributed by atoms with Crippen LogP contribution in [0.4, 0.5) is 17.3 Å². The van der Waals surface area contributed by atoms with Gasteiger partial charge in [-0.3, -0.25) is 41.4 Å². The summed E-state index contributed by atoms with van der Waals surface area (Å²) < 4.78 is 0.549. The van der Waals surface area contributed by atoms with Crippen molar-refractivity contribution < 1.29 is 14.5 Å². The van der Waals surface area contributed by atoms with Gasteiger partial charge in [-0.05, 0) is 46.6 Å². The molecule has 2 amide bonds. The second-order valence-electron chi connectivity index (χ2n) is 6.13. The number of rotatable bonds is 7. The van der Waals surface area contributed by atoms with E-state index in [1.807, 2.05) is 0 Å². The van der Waals surface area contributed by atoms with E-state index in [1.54, 1.807) is 55.5 Å². The number of nitrogens with zero attached hydrogens (tertiary/aromatic N) is 3. The molecular weight excluding hydrogens is 470 g/mol. The largest absolute Gasteiger partial charge is 0.356 e. The van der Waals surface area contributed by atoms with Crippen molar-refractivity contribution >= 4 is 45.1 Å². The molecule has 0 bridgehead atoms. The van der Waals surface area contributed by atoms with Crippen molar-refractivity contribution in [3.63, 3.8) is 0 Å². The minimum atomic E-state index is -0.741. The van der Waals surface area contributed by atoms with Gasteiger partial charge in [0.25, 0.3) is 11.8 Å². The summed E-state index contributed by atoms with van der Waals surface area (Å²) in [5.41, 5.74) is 10.5. The second kappa shape index (κ2) is 9.63. The van der Waals surface area contributed by atoms with Gasteiger partial charge in [0.15, 0.2) is 0 Å². The molecule has 31 heavy (non-hydrogen) atoms. The van der Waals surface area contributed by atoms with Crippen molar-refractivity contribution in [3.8, 4) is 0 Å². The molecule has 3 rings (SSSR count). The molecule has 0 fully saturated rings. The van der Waals surface area contributed by atoms with Gasteiger partial charge in [-0.1, -0.05) is 30.3 Å². The maximum atomic E-state index is 12.3. The maximum Gasteiger partial charge on any atom is 0.356 e. The Bertz CT molecular complexity index is 1080. The first-order chi connectivity index (χ1) is 14.9. The minimum Gasteiger partial charge on any atom is -0.276 e. The molecule has 0 aliphatic rings. The predicted octanol–water partition coefficient (Wildman–Crippen LogP) is 2.97. The fraction of sp³-hybridized carbons (Fsp3) is 0.0526. The number of amides is 2. The number of carbonyl (C=O) groups excluding carboxylic acids is 2. The highest BCUT2D eigenvalue weighted by Crippen LogP contribution is 2.28. The van der Waals surface area contributed by atoms with Crippen molar-refractivity contribution in [2.75, 3.05) is 10.9 Å². The molecule has 11 nitrogen and oxygen atoms in total. The molecule has 0 atom stereocenters. The zero-order chi connectivity index (χ0) is 22.4. The Morgan fingerprint density at radius 3 is 1.97 bits per heavy atom. The Kier molecular flexibility index (Phi) is 6.72. The molecular formula is C19H16BrN7O4. The first-order valence-electron chi connectivity index (χ1n) is 8.80. The van der Waals surface area contributed by atoms with Gasteiger partial charge in [-0.15, -0.1) is 0 Å². The summed E-state index contributed by atoms with van der Waals surface area (Å²) in [4.78, 5) is 43.1. The molecule has 0 saturated heterocycles. The summed E-state index contributed by atoms with van der Waals surface area (Å²) in [5, 5.41) is 11.6. The molecule has 3 aromatic rings. The van der Waals surface area contributed by atoms with Gasteiger partial charge in [0, 0.05) is 10.0 Å². The first kappa shape index (κ1) is 21.6. The Balaban J connectivity index is 1.76. The lowest BCUT2D eigenvalue weighted by Crippen LogP contribution is -2.32. The van der Waals surface area contributed by atoms with Gasteiger partial charge in [-0.2, -0.15) is 0 Å². The van der Waals surface area contributed by atoms with Gasteiger partial charge in [0.1, 0.15) is 6.33 Å². The average Bonchev–Trinajstić information content (AvgIpc) is 2.76. The van der Waals surface area contributed by atoms with Crippen LogP contribution in [0.25, 0.3) is 0 Å². The number of nitrogens with one attached hydrogen (secondary N) is 4. The van der Waals surface area contributed by atoms with Crippen LogP contribution in [0.1, 0.15) is 26.3 Å². The molecule has 0 aliphatic heterocycles. The number of aryl methyl sites for hydroxylation is 1. The lowest BCUT2D eigenvalue weighted by atomic mass is 10.1. The summed E-state index contributed by atoms with van der Waals surface area (Å²) in [5.74, 6) is -1.57. The van der Waals surface area contributed by atoms with Crippen LogP contribution in [0.5, 0.6) is 0 Å². The summed E-state index contributed by atoms with van der Waals surface area (Å²) >= 11 is 3.26. The number of nitro groups is 1. The van der Waals surface area contributed by atoms with Gasteiger partial charge < -0.3 is 0 Å². The molecule has 0 aliphatic carbocycles. The smallest absolute Gasteiger partial charge is 0.276 e. The molecule has 12 heteroatoms. The van der Waals surface area contributed by atoms with Crippen LogP contribution in [-0.2, 0) is 0 Å². The van der Waals surface area contributed by atoms with Gasteiger partial charge in [-0.25, -0.2) is 9.97 Å². The monoisotopic (exact) mass is 485 g/mol. The normalized spacial score (nSPS) is 10.1. The Labute approximate surface area is 184 Å². The fourth-order valence-corrected chi connectivity index (χ4v) is 3.04. The molecule has 0 unspecified atom stereocenters. The van der Waals surface area contributed by atoms with Crippen LogP contribution < -0.4 is 21.7 Å². The topological polar surface area (TPSA) is 151 Å². The standard InChI is InChI=1S/C19H16BrN7O4/c1-11-6-2-3-7-12(11)18(28)25-23-16-15(27(30)31)17(22-10-21-16)24-26-19(29)13-8-4-5-9-14(13)20/h2-10H,1H3,(H,25,28)(H,26,29)(H2,21,22,23,24). The number of aromatic nitrogens is 2. The van der Waals surface area contributed by atoms with E-state index < -0.39 is 22.4 Å². The maximum absolute atomic E-state index is 12.3. The van der Waals surface area contributed by atoms with E-state index in [0.29, 0.717) is 15.6 Å². The van der Waals surface area contributed by atoms with Crippen LogP contribution >= 0.6 is 15.9 Å². The van der Waals surface area contributed by atoms with E-state index in [4.69, 9.17) is 0 Å². The predicted molar refractivity (Wildman–Crippen MR) is 116 cm³/mol. The summed E-state index contributed by atoms with van der Waals surface area (Å²) in [6.07, 6.45) is 1.04. The lowest BCUT2D eigenvalue weighted by molar-refractivity contribution is -0.383. The van der Waals surface area contributed by atoms with Crippen molar-refractivity contribution in [1.82, 2.24) is 20.8 Å². The molecule has 1 heterocycles. The van der Waals surface area contributed by atoms with Crippen molar-refractivity contribution in [1.29, 1.82) is 0 Å². The summed E-state index contributed by atoms with van der Waals surface area (Å²) in [6.45, 7) is 1.76. The van der Waals surface area contributed by atoms with E-state index in [1.165, 1.54) is 0 Å². The third-order valence-electron chi connectivity index (χ3n) is 4.10. The molecule has 0 radical (unpaired) electrons. The SMILES string of the molecule is Cc1ccccc1C(=O)NNc1ncnc(NNC(=O)c2ccccc2Br)c1[N+](=O)[O-]. The Morgan fingerprint density at radius 1 is 0.903 bits per heavy atom. The molecule has 1 aromatic heterocycles. The van der Waals surface area contributed by atoms with Crippen molar-refractivity contribution in [3.05, 3.63) is 86.1 Å². The molecule has 2 aromatic carbocycles. The molecule has 0 spiro atoms. The number of hydrogen-bond acceptors (Lipinski definition) is 8. The number of hydrogen-bond donors (Lipinski definition) is 4. The van der Waals surface area contributed by atoms with Gasteiger partial charge >= 0.3 is 5.69 Å². The highest BCUT2D eigenvalue weighted by molar-refractivity contribution is 9.10. The van der Waals surface area contributed by atoms with E-state index in [-0.39, 0.29) is 11.6 Å². The summed E-state index contributed by atoms with van der Waals surface area (Å²) in [6, 6.07) is 13.5. The highest BCUT2D eigenvalue weighted by atomic mass is 79.9. The lowest BCUT2D eigenvalue weighted by Gasteiger charge is -2.12. The number of benzene rings is 2. The van der Waals surface area contributed by atoms with E-state index in [0.717, 1.165) is 11.9 Å². The van der Waals surface area contributed by atoms with E-state index >= 15 is 0 Å². The Hall–Kier alpha value is -4.06. The highest BCUT2D eigenvalue weighted by Gasteiger charge is 2.24. The van der Waals surface area contributed by atoms with Crippen molar-refractivity contribution in [2.45, 2.75) is 6.92 Å². The van der Waals surface area contributed by atoms with Gasteiger partial charge in [0.05, 0.1) is 10.5 Å². The Morgan fingerprint density at radius 2 is 1.42 bits per heavy atom. The quantitative estimate of drug-likeness (QED) is 0.294. The molecule has 0 saturated carbocycles. The number of hydrazine groups is 2. The average molecular weight is 486 g/mol. The van der Waals surface area contributed by atoms with Crippen LogP contribution in [-0.4, -0.2) is 26.7 Å². The zero-order valence-electron chi connectivity index (χ0n) is 16.0. The van der Waals surface area contributed by atoms with Crippen LogP contribution in [0, 0.1) is 17.0 Å². The van der Waals surface area contributed by atoms with E-state index in [2.05, 4.69) is 47.6 Å². The van der Waals surface area contributed by atoms with Crippen molar-refractivity contribution in [2.24, 2.45) is 0 Å². The third kappa shape index (κ3) is 5.11. The van der Waals surface area contributed by atoms with Gasteiger partial charge in [0.2, 0.25) is 11.6 Å². The van der Waals surface area contributed by atoms with Crippen LogP contribution in [0.15, 0.2) is 59.3 Å². The molecule has 158 valence electrons. The zero-order valence-corrected chi connectivity index (χ0v) is 17.6. The number of anilines is 2. The number of carbonyl (C=O) groups is 2. The summed E-state index contributed by atoms with van der Waals surface area (Å²) in [7, 11) is 0. The second-order valence-corrected chi connectivity index (χ2v) is 6.98.